The molecule has 2 amide bonds. The van der Waals surface area contributed by atoms with Gasteiger partial charge >= 0.3 is 0 Å². The quantitative estimate of drug-likeness (QED) is 0.753. The molecule has 3 N–H and O–H groups in total. The van der Waals surface area contributed by atoms with Crippen LogP contribution in [0.25, 0.3) is 11.1 Å². The van der Waals surface area contributed by atoms with Crippen molar-refractivity contribution in [1.82, 2.24) is 5.32 Å². The van der Waals surface area contributed by atoms with E-state index < -0.39 is 29.8 Å². The molecule has 0 bridgehead atoms. The van der Waals surface area contributed by atoms with Gasteiger partial charge in [-0.3, -0.25) is 9.59 Å². The standard InChI is InChI=1S/C18H15Cl2F2N3O2/c19-13-5-4-9(17(23)26)6-12(13)11-2-1-3-15(16(11)22)25(20)18(27)14-7-10(21)8-24-14/h1-6,10,14,24H,7-8H2,(H2,23,26)/t10-,14+/m1/s1. The zero-order chi connectivity index (χ0) is 19.7. The van der Waals surface area contributed by atoms with Crippen molar-refractivity contribution in [3.63, 3.8) is 0 Å². The molecule has 9 heteroatoms. The van der Waals surface area contributed by atoms with Crippen molar-refractivity contribution >= 4 is 40.9 Å². The van der Waals surface area contributed by atoms with Crippen molar-refractivity contribution < 1.29 is 18.4 Å². The molecule has 5 nitrogen and oxygen atoms in total. The van der Waals surface area contributed by atoms with E-state index in [4.69, 9.17) is 29.1 Å². The van der Waals surface area contributed by atoms with Crippen molar-refractivity contribution in [2.75, 3.05) is 11.0 Å². The third-order valence-corrected chi connectivity index (χ3v) is 4.98. The number of carbonyl (C=O) groups excluding carboxylic acids is 2. The molecule has 3 rings (SSSR count). The number of hydrogen-bond donors (Lipinski definition) is 2. The van der Waals surface area contributed by atoms with Crippen molar-refractivity contribution in [2.24, 2.45) is 5.73 Å². The van der Waals surface area contributed by atoms with Gasteiger partial charge in [-0.05, 0) is 24.3 Å². The van der Waals surface area contributed by atoms with Crippen LogP contribution >= 0.6 is 23.4 Å². The van der Waals surface area contributed by atoms with Crippen LogP contribution in [0.4, 0.5) is 14.5 Å². The molecule has 0 aromatic heterocycles. The fraction of sp³-hybridized carbons (Fsp3) is 0.222. The van der Waals surface area contributed by atoms with E-state index in [9.17, 15) is 14.0 Å². The molecule has 0 unspecified atom stereocenters. The normalized spacial score (nSPS) is 19.1. The Morgan fingerprint density at radius 3 is 2.59 bits per heavy atom. The molecule has 0 aliphatic carbocycles. The van der Waals surface area contributed by atoms with Crippen LogP contribution in [-0.2, 0) is 4.79 Å². The highest BCUT2D eigenvalue weighted by atomic mass is 35.5. The summed E-state index contributed by atoms with van der Waals surface area (Å²) in [6.07, 6.45) is -1.19. The lowest BCUT2D eigenvalue weighted by atomic mass is 10.0. The number of benzene rings is 2. The highest BCUT2D eigenvalue weighted by Crippen LogP contribution is 2.35. The van der Waals surface area contributed by atoms with E-state index in [0.29, 0.717) is 4.42 Å². The largest absolute Gasteiger partial charge is 0.366 e. The minimum atomic E-state index is -1.16. The number of alkyl halides is 1. The molecular weight excluding hydrogens is 399 g/mol. The second kappa shape index (κ2) is 7.80. The van der Waals surface area contributed by atoms with Crippen molar-refractivity contribution in [1.29, 1.82) is 0 Å². The fourth-order valence-corrected chi connectivity index (χ4v) is 3.37. The van der Waals surface area contributed by atoms with Crippen molar-refractivity contribution in [2.45, 2.75) is 18.6 Å². The van der Waals surface area contributed by atoms with Gasteiger partial charge in [-0.1, -0.05) is 23.7 Å². The van der Waals surface area contributed by atoms with Gasteiger partial charge in [0, 0.05) is 46.5 Å². The summed E-state index contributed by atoms with van der Waals surface area (Å²) in [5.41, 5.74) is 5.48. The molecule has 1 saturated heterocycles. The lowest BCUT2D eigenvalue weighted by molar-refractivity contribution is -0.119. The SMILES string of the molecule is NC(=O)c1ccc(Cl)c(-c2cccc(N(Cl)C(=O)[C@@H]3C[C@@H](F)CN3)c2F)c1. The minimum absolute atomic E-state index is 0.0319. The molecule has 0 spiro atoms. The monoisotopic (exact) mass is 413 g/mol. The Bertz CT molecular complexity index is 910. The Morgan fingerprint density at radius 1 is 1.22 bits per heavy atom. The molecule has 2 aromatic carbocycles. The molecule has 27 heavy (non-hydrogen) atoms. The summed E-state index contributed by atoms with van der Waals surface area (Å²) in [6.45, 7) is 0.0408. The number of primary amides is 1. The first-order valence-corrected chi connectivity index (χ1v) is 8.76. The number of nitrogens with zero attached hydrogens (tertiary/aromatic N) is 1. The van der Waals surface area contributed by atoms with Crippen LogP contribution in [0, 0.1) is 5.82 Å². The Labute approximate surface area is 164 Å². The molecule has 1 fully saturated rings. The van der Waals surface area contributed by atoms with E-state index in [0.717, 1.165) is 0 Å². The molecule has 2 atom stereocenters. The lowest BCUT2D eigenvalue weighted by Crippen LogP contribution is -2.39. The molecule has 1 heterocycles. The molecule has 1 aliphatic rings. The van der Waals surface area contributed by atoms with E-state index >= 15 is 4.39 Å². The number of hydrogen-bond acceptors (Lipinski definition) is 3. The maximum Gasteiger partial charge on any atom is 0.258 e. The average Bonchev–Trinajstić information content (AvgIpc) is 3.07. The van der Waals surface area contributed by atoms with Crippen molar-refractivity contribution in [3.8, 4) is 11.1 Å². The van der Waals surface area contributed by atoms with Crippen LogP contribution in [0.5, 0.6) is 0 Å². The van der Waals surface area contributed by atoms with Gasteiger partial charge in [-0.15, -0.1) is 0 Å². The number of amides is 2. The van der Waals surface area contributed by atoms with Gasteiger partial charge in [0.1, 0.15) is 6.17 Å². The van der Waals surface area contributed by atoms with Crippen LogP contribution in [0.3, 0.4) is 0 Å². The fourth-order valence-electron chi connectivity index (χ4n) is 2.90. The molecule has 1 aliphatic heterocycles. The summed E-state index contributed by atoms with van der Waals surface area (Å²) in [5, 5.41) is 2.90. The maximum atomic E-state index is 15.1. The average molecular weight is 414 g/mol. The van der Waals surface area contributed by atoms with Gasteiger partial charge in [-0.2, -0.15) is 0 Å². The number of rotatable bonds is 4. The van der Waals surface area contributed by atoms with Gasteiger partial charge in [-0.25, -0.2) is 13.2 Å². The first kappa shape index (κ1) is 19.5. The highest BCUT2D eigenvalue weighted by molar-refractivity contribution is 6.37. The third kappa shape index (κ3) is 3.90. The van der Waals surface area contributed by atoms with E-state index in [1.165, 1.54) is 36.4 Å². The second-order valence-electron chi connectivity index (χ2n) is 6.11. The lowest BCUT2D eigenvalue weighted by Gasteiger charge is -2.20. The van der Waals surface area contributed by atoms with Gasteiger partial charge in [0.05, 0.1) is 11.7 Å². The summed E-state index contributed by atoms with van der Waals surface area (Å²) in [5.74, 6) is -2.16. The summed E-state index contributed by atoms with van der Waals surface area (Å²) >= 11 is 12.2. The van der Waals surface area contributed by atoms with Gasteiger partial charge in [0.2, 0.25) is 5.91 Å². The van der Waals surface area contributed by atoms with E-state index in [-0.39, 0.29) is 40.4 Å². The van der Waals surface area contributed by atoms with Crippen LogP contribution in [0.1, 0.15) is 16.8 Å². The van der Waals surface area contributed by atoms with Crippen LogP contribution in [0.15, 0.2) is 36.4 Å². The second-order valence-corrected chi connectivity index (χ2v) is 6.86. The minimum Gasteiger partial charge on any atom is -0.366 e. The topological polar surface area (TPSA) is 75.4 Å². The molecule has 0 saturated carbocycles. The molecular formula is C18H15Cl2F2N3O2. The van der Waals surface area contributed by atoms with E-state index in [2.05, 4.69) is 5.32 Å². The molecule has 0 radical (unpaired) electrons. The van der Waals surface area contributed by atoms with Gasteiger partial charge < -0.3 is 11.1 Å². The Kier molecular flexibility index (Phi) is 5.64. The number of carbonyl (C=O) groups is 2. The van der Waals surface area contributed by atoms with Crippen LogP contribution in [-0.4, -0.2) is 30.6 Å². The summed E-state index contributed by atoms with van der Waals surface area (Å²) < 4.78 is 29.0. The number of nitrogens with two attached hydrogens (primary N) is 1. The van der Waals surface area contributed by atoms with Crippen LogP contribution < -0.4 is 15.5 Å². The van der Waals surface area contributed by atoms with Gasteiger partial charge in [0.15, 0.2) is 5.82 Å². The zero-order valence-electron chi connectivity index (χ0n) is 13.9. The summed E-state index contributed by atoms with van der Waals surface area (Å²) in [6, 6.07) is 7.62. The van der Waals surface area contributed by atoms with Crippen molar-refractivity contribution in [3.05, 3.63) is 52.8 Å². The Hall–Kier alpha value is -2.22. The smallest absolute Gasteiger partial charge is 0.258 e. The molecule has 2 aromatic rings. The first-order valence-electron chi connectivity index (χ1n) is 8.05. The Balaban J connectivity index is 1.98. The zero-order valence-corrected chi connectivity index (χ0v) is 15.4. The molecule has 142 valence electrons. The summed E-state index contributed by atoms with van der Waals surface area (Å²) in [4.78, 5) is 23.8. The highest BCUT2D eigenvalue weighted by Gasteiger charge is 2.33. The number of halogens is 4. The maximum absolute atomic E-state index is 15.1. The van der Waals surface area contributed by atoms with Gasteiger partial charge in [0.25, 0.3) is 5.91 Å². The first-order chi connectivity index (χ1) is 12.8. The van der Waals surface area contributed by atoms with E-state index in [1.54, 1.807) is 0 Å². The Morgan fingerprint density at radius 2 is 1.96 bits per heavy atom. The predicted octanol–water partition coefficient (Wildman–Crippen LogP) is 3.43. The number of anilines is 1. The van der Waals surface area contributed by atoms with E-state index in [1.807, 2.05) is 0 Å². The summed E-state index contributed by atoms with van der Waals surface area (Å²) in [7, 11) is 0. The van der Waals surface area contributed by atoms with Crippen LogP contribution in [0.2, 0.25) is 5.02 Å². The third-order valence-electron chi connectivity index (χ3n) is 4.30. The number of nitrogens with one attached hydrogen (secondary N) is 1. The predicted molar refractivity (Wildman–Crippen MR) is 100 cm³/mol.